The van der Waals surface area contributed by atoms with Gasteiger partial charge in [0.25, 0.3) is 0 Å². The summed E-state index contributed by atoms with van der Waals surface area (Å²) in [5, 5.41) is 4.49. The van der Waals surface area contributed by atoms with E-state index in [0.717, 1.165) is 24.2 Å². The van der Waals surface area contributed by atoms with E-state index in [1.807, 2.05) is 11.7 Å². The Morgan fingerprint density at radius 1 is 1.53 bits per heavy atom. The fraction of sp³-hybridized carbons (Fsp3) is 0.615. The zero-order chi connectivity index (χ0) is 12.3. The summed E-state index contributed by atoms with van der Waals surface area (Å²) in [6.07, 6.45) is 8.17. The molecule has 4 nitrogen and oxygen atoms in total. The first kappa shape index (κ1) is 12.3. The van der Waals surface area contributed by atoms with E-state index >= 15 is 0 Å². The molecule has 0 radical (unpaired) electrons. The van der Waals surface area contributed by atoms with Crippen LogP contribution >= 0.6 is 0 Å². The number of aromatic nitrogens is 2. The van der Waals surface area contributed by atoms with Gasteiger partial charge in [-0.3, -0.25) is 10.5 Å². The van der Waals surface area contributed by atoms with Crippen LogP contribution in [0.3, 0.4) is 0 Å². The number of hydrogen-bond acceptors (Lipinski definition) is 3. The van der Waals surface area contributed by atoms with Gasteiger partial charge in [0.05, 0.1) is 17.4 Å². The number of hydrogen-bond donors (Lipinski definition) is 2. The Kier molecular flexibility index (Phi) is 3.97. The number of nitrogens with two attached hydrogens (primary N) is 1. The monoisotopic (exact) mass is 234 g/mol. The Morgan fingerprint density at radius 3 is 2.88 bits per heavy atom. The minimum absolute atomic E-state index is 0.119. The van der Waals surface area contributed by atoms with Gasteiger partial charge in [0, 0.05) is 7.05 Å². The van der Waals surface area contributed by atoms with E-state index in [9.17, 15) is 0 Å². The minimum Gasteiger partial charge on any atom is -0.271 e. The Hall–Kier alpha value is -1.13. The molecular formula is C13H22N4. The third-order valence-electron chi connectivity index (χ3n) is 3.49. The van der Waals surface area contributed by atoms with E-state index in [2.05, 4.69) is 29.6 Å². The fourth-order valence-electron chi connectivity index (χ4n) is 2.49. The molecule has 3 N–H and O–H groups in total. The third kappa shape index (κ3) is 2.58. The summed E-state index contributed by atoms with van der Waals surface area (Å²) in [4.78, 5) is 0. The van der Waals surface area contributed by atoms with Gasteiger partial charge in [-0.05, 0) is 38.2 Å². The van der Waals surface area contributed by atoms with Crippen LogP contribution in [0.1, 0.15) is 50.0 Å². The molecule has 1 aromatic heterocycles. The number of hydrazine groups is 1. The number of nitrogens with zero attached hydrogens (tertiary/aromatic N) is 2. The molecule has 17 heavy (non-hydrogen) atoms. The minimum atomic E-state index is 0.119. The van der Waals surface area contributed by atoms with E-state index in [0.29, 0.717) is 0 Å². The molecule has 0 saturated carbocycles. The van der Waals surface area contributed by atoms with Gasteiger partial charge in [-0.2, -0.15) is 5.10 Å². The quantitative estimate of drug-likeness (QED) is 0.476. The average molecular weight is 234 g/mol. The summed E-state index contributed by atoms with van der Waals surface area (Å²) in [7, 11) is 1.99. The van der Waals surface area contributed by atoms with E-state index in [1.54, 1.807) is 0 Å². The molecule has 0 aromatic carbocycles. The molecule has 0 saturated heterocycles. The second-order valence-corrected chi connectivity index (χ2v) is 4.66. The zero-order valence-electron chi connectivity index (χ0n) is 10.7. The predicted molar refractivity (Wildman–Crippen MR) is 69.2 cm³/mol. The van der Waals surface area contributed by atoms with Crippen LogP contribution in [0, 0.1) is 0 Å². The molecule has 0 spiro atoms. The number of nitrogens with one attached hydrogen (secondary N) is 1. The standard InChI is InChI=1S/C13H22N4/c1-3-11-9-12(17(2)16-11)13(15-14)10-7-5-4-6-8-10/h7,9,13,15H,3-6,8,14H2,1-2H3. The predicted octanol–water partition coefficient (Wildman–Crippen LogP) is 1.99. The zero-order valence-corrected chi connectivity index (χ0v) is 10.7. The van der Waals surface area contributed by atoms with Crippen molar-refractivity contribution in [3.63, 3.8) is 0 Å². The van der Waals surface area contributed by atoms with Gasteiger partial charge in [-0.25, -0.2) is 5.43 Å². The highest BCUT2D eigenvalue weighted by Crippen LogP contribution is 2.29. The van der Waals surface area contributed by atoms with Gasteiger partial charge in [0.1, 0.15) is 0 Å². The third-order valence-corrected chi connectivity index (χ3v) is 3.49. The largest absolute Gasteiger partial charge is 0.271 e. The Morgan fingerprint density at radius 2 is 2.35 bits per heavy atom. The van der Waals surface area contributed by atoms with Crippen molar-refractivity contribution in [2.75, 3.05) is 0 Å². The van der Waals surface area contributed by atoms with Gasteiger partial charge in [-0.15, -0.1) is 0 Å². The lowest BCUT2D eigenvalue weighted by Gasteiger charge is -2.22. The molecule has 1 aliphatic carbocycles. The van der Waals surface area contributed by atoms with Crippen molar-refractivity contribution in [2.45, 2.75) is 45.1 Å². The lowest BCUT2D eigenvalue weighted by Crippen LogP contribution is -2.31. The molecule has 1 unspecified atom stereocenters. The average Bonchev–Trinajstić information content (AvgIpc) is 2.73. The summed E-state index contributed by atoms with van der Waals surface area (Å²) in [6.45, 7) is 2.12. The molecule has 0 aliphatic heterocycles. The second kappa shape index (κ2) is 5.47. The van der Waals surface area contributed by atoms with Gasteiger partial charge < -0.3 is 0 Å². The van der Waals surface area contributed by atoms with Crippen molar-refractivity contribution in [1.29, 1.82) is 0 Å². The molecular weight excluding hydrogens is 212 g/mol. The van der Waals surface area contributed by atoms with E-state index < -0.39 is 0 Å². The van der Waals surface area contributed by atoms with E-state index in [1.165, 1.54) is 24.8 Å². The normalized spacial score (nSPS) is 17.9. The summed E-state index contributed by atoms with van der Waals surface area (Å²) < 4.78 is 1.94. The number of allylic oxidation sites excluding steroid dienone is 1. The van der Waals surface area contributed by atoms with E-state index in [-0.39, 0.29) is 6.04 Å². The summed E-state index contributed by atoms with van der Waals surface area (Å²) >= 11 is 0. The lowest BCUT2D eigenvalue weighted by atomic mass is 9.92. The topological polar surface area (TPSA) is 55.9 Å². The molecule has 0 bridgehead atoms. The smallest absolute Gasteiger partial charge is 0.0838 e. The van der Waals surface area contributed by atoms with Crippen molar-refractivity contribution < 1.29 is 0 Å². The van der Waals surface area contributed by atoms with Crippen LogP contribution in [0.5, 0.6) is 0 Å². The molecule has 2 rings (SSSR count). The summed E-state index contributed by atoms with van der Waals surface area (Å²) in [5.41, 5.74) is 6.63. The first-order chi connectivity index (χ1) is 8.26. The van der Waals surface area contributed by atoms with E-state index in [4.69, 9.17) is 5.84 Å². The molecule has 1 heterocycles. The molecule has 4 heteroatoms. The van der Waals surface area contributed by atoms with Gasteiger partial charge in [-0.1, -0.05) is 18.6 Å². The molecule has 1 aliphatic rings. The van der Waals surface area contributed by atoms with Gasteiger partial charge in [0.15, 0.2) is 0 Å². The van der Waals surface area contributed by atoms with Crippen LogP contribution in [0.4, 0.5) is 0 Å². The van der Waals surface area contributed by atoms with Crippen LogP contribution in [-0.2, 0) is 13.5 Å². The van der Waals surface area contributed by atoms with Crippen molar-refractivity contribution in [1.82, 2.24) is 15.2 Å². The van der Waals surface area contributed by atoms with Gasteiger partial charge >= 0.3 is 0 Å². The SMILES string of the molecule is CCc1cc(C(NN)C2=CCCCC2)n(C)n1. The van der Waals surface area contributed by atoms with Crippen molar-refractivity contribution >= 4 is 0 Å². The maximum atomic E-state index is 5.72. The summed E-state index contributed by atoms with van der Waals surface area (Å²) in [6, 6.07) is 2.27. The van der Waals surface area contributed by atoms with Crippen LogP contribution < -0.4 is 11.3 Å². The molecule has 0 amide bonds. The Bertz CT molecular complexity index is 406. The van der Waals surface area contributed by atoms with Crippen molar-refractivity contribution in [3.8, 4) is 0 Å². The highest BCUT2D eigenvalue weighted by Gasteiger charge is 2.20. The second-order valence-electron chi connectivity index (χ2n) is 4.66. The highest BCUT2D eigenvalue weighted by atomic mass is 15.3. The number of aryl methyl sites for hydroxylation is 2. The molecule has 1 aromatic rings. The molecule has 0 fully saturated rings. The lowest BCUT2D eigenvalue weighted by molar-refractivity contribution is 0.529. The van der Waals surface area contributed by atoms with Crippen LogP contribution in [0.15, 0.2) is 17.7 Å². The maximum absolute atomic E-state index is 5.72. The molecule has 1 atom stereocenters. The number of rotatable bonds is 4. The molecule has 94 valence electrons. The van der Waals surface area contributed by atoms with Crippen LogP contribution in [0.2, 0.25) is 0 Å². The Balaban J connectivity index is 2.27. The highest BCUT2D eigenvalue weighted by molar-refractivity contribution is 5.25. The van der Waals surface area contributed by atoms with Crippen LogP contribution in [-0.4, -0.2) is 9.78 Å². The summed E-state index contributed by atoms with van der Waals surface area (Å²) in [5.74, 6) is 5.72. The first-order valence-electron chi connectivity index (χ1n) is 6.44. The van der Waals surface area contributed by atoms with Crippen LogP contribution in [0.25, 0.3) is 0 Å². The Labute approximate surface area is 103 Å². The maximum Gasteiger partial charge on any atom is 0.0838 e. The fourth-order valence-corrected chi connectivity index (χ4v) is 2.49. The van der Waals surface area contributed by atoms with Crippen molar-refractivity contribution in [3.05, 3.63) is 29.1 Å². The van der Waals surface area contributed by atoms with Crippen molar-refractivity contribution in [2.24, 2.45) is 12.9 Å². The van der Waals surface area contributed by atoms with Gasteiger partial charge in [0.2, 0.25) is 0 Å². The first-order valence-corrected chi connectivity index (χ1v) is 6.44.